The van der Waals surface area contributed by atoms with Gasteiger partial charge in [0.25, 0.3) is 0 Å². The molecule has 0 spiro atoms. The van der Waals surface area contributed by atoms with Crippen LogP contribution in [-0.4, -0.2) is 13.1 Å². The summed E-state index contributed by atoms with van der Waals surface area (Å²) in [6.07, 6.45) is 2.04. The largest absolute Gasteiger partial charge is 0.367 e. The Morgan fingerprint density at radius 2 is 1.79 bits per heavy atom. The first-order valence-corrected chi connectivity index (χ1v) is 4.89. The van der Waals surface area contributed by atoms with E-state index in [0.29, 0.717) is 5.56 Å². The van der Waals surface area contributed by atoms with Gasteiger partial charge < -0.3 is 4.90 Å². The van der Waals surface area contributed by atoms with Crippen LogP contribution in [0, 0.1) is 18.6 Å². The van der Waals surface area contributed by atoms with E-state index >= 15 is 0 Å². The molecular formula is C11H13F2N. The number of nitrogens with zero attached hydrogens (tertiary/aromatic N) is 1. The van der Waals surface area contributed by atoms with Crippen molar-refractivity contribution < 1.29 is 8.78 Å². The molecule has 76 valence electrons. The molecule has 1 heterocycles. The quantitative estimate of drug-likeness (QED) is 0.669. The summed E-state index contributed by atoms with van der Waals surface area (Å²) in [5.41, 5.74) is 0.663. The van der Waals surface area contributed by atoms with Crippen molar-refractivity contribution in [1.82, 2.24) is 0 Å². The molecule has 0 unspecified atom stereocenters. The third-order valence-electron chi connectivity index (χ3n) is 2.68. The molecule has 0 saturated carbocycles. The number of benzene rings is 1. The zero-order chi connectivity index (χ0) is 10.1. The topological polar surface area (TPSA) is 3.24 Å². The molecule has 0 amide bonds. The van der Waals surface area contributed by atoms with Crippen molar-refractivity contribution >= 4 is 5.69 Å². The van der Waals surface area contributed by atoms with E-state index in [0.717, 1.165) is 25.9 Å². The number of hydrogen-bond acceptors (Lipinski definition) is 1. The highest BCUT2D eigenvalue weighted by molar-refractivity contribution is 5.52. The van der Waals surface area contributed by atoms with Crippen LogP contribution in [0.5, 0.6) is 0 Å². The predicted octanol–water partition coefficient (Wildman–Crippen LogP) is 2.87. The number of anilines is 1. The van der Waals surface area contributed by atoms with E-state index in [1.54, 1.807) is 11.8 Å². The fourth-order valence-electron chi connectivity index (χ4n) is 1.87. The summed E-state index contributed by atoms with van der Waals surface area (Å²) in [4.78, 5) is 1.79. The summed E-state index contributed by atoms with van der Waals surface area (Å²) >= 11 is 0. The Balaban J connectivity index is 2.44. The van der Waals surface area contributed by atoms with Gasteiger partial charge in [-0.3, -0.25) is 0 Å². The van der Waals surface area contributed by atoms with Crippen LogP contribution in [-0.2, 0) is 0 Å². The molecular weight excluding hydrogens is 184 g/mol. The van der Waals surface area contributed by atoms with E-state index in [9.17, 15) is 8.78 Å². The maximum absolute atomic E-state index is 13.6. The van der Waals surface area contributed by atoms with Crippen LogP contribution in [0.1, 0.15) is 18.4 Å². The van der Waals surface area contributed by atoms with Gasteiger partial charge in [-0.1, -0.05) is 6.07 Å². The van der Waals surface area contributed by atoms with Gasteiger partial charge in [0.2, 0.25) is 0 Å². The van der Waals surface area contributed by atoms with E-state index in [1.807, 2.05) is 0 Å². The second-order valence-electron chi connectivity index (χ2n) is 3.72. The van der Waals surface area contributed by atoms with Gasteiger partial charge in [-0.15, -0.1) is 0 Å². The van der Waals surface area contributed by atoms with Gasteiger partial charge in [-0.05, 0) is 31.4 Å². The molecule has 1 aromatic carbocycles. The zero-order valence-corrected chi connectivity index (χ0v) is 8.19. The maximum Gasteiger partial charge on any atom is 0.152 e. The Bertz CT molecular complexity index is 343. The molecule has 1 fully saturated rings. The van der Waals surface area contributed by atoms with Gasteiger partial charge in [0.05, 0.1) is 0 Å². The fourth-order valence-corrected chi connectivity index (χ4v) is 1.87. The van der Waals surface area contributed by atoms with Crippen molar-refractivity contribution in [2.75, 3.05) is 18.0 Å². The van der Waals surface area contributed by atoms with Crippen LogP contribution in [0.2, 0.25) is 0 Å². The fraction of sp³-hybridized carbons (Fsp3) is 0.455. The third-order valence-corrected chi connectivity index (χ3v) is 2.68. The molecule has 0 aromatic heterocycles. The van der Waals surface area contributed by atoms with E-state index in [2.05, 4.69) is 0 Å². The first kappa shape index (κ1) is 9.44. The first-order valence-electron chi connectivity index (χ1n) is 4.89. The summed E-state index contributed by atoms with van der Waals surface area (Å²) in [5.74, 6) is -0.859. The molecule has 3 heteroatoms. The van der Waals surface area contributed by atoms with Crippen LogP contribution in [0.25, 0.3) is 0 Å². The molecule has 1 aliphatic heterocycles. The Labute approximate surface area is 82.3 Å². The average molecular weight is 197 g/mol. The van der Waals surface area contributed by atoms with Crippen LogP contribution < -0.4 is 4.90 Å². The third kappa shape index (κ3) is 1.47. The predicted molar refractivity (Wildman–Crippen MR) is 52.5 cm³/mol. The molecule has 1 aliphatic rings. The van der Waals surface area contributed by atoms with Gasteiger partial charge in [0.15, 0.2) is 5.82 Å². The van der Waals surface area contributed by atoms with Crippen molar-refractivity contribution in [2.45, 2.75) is 19.8 Å². The average Bonchev–Trinajstić information content (AvgIpc) is 2.65. The van der Waals surface area contributed by atoms with Crippen molar-refractivity contribution in [3.05, 3.63) is 29.3 Å². The Kier molecular flexibility index (Phi) is 2.40. The minimum absolute atomic E-state index is 0.155. The maximum atomic E-state index is 13.6. The Hall–Kier alpha value is -1.12. The van der Waals surface area contributed by atoms with Gasteiger partial charge in [-0.2, -0.15) is 0 Å². The van der Waals surface area contributed by atoms with E-state index < -0.39 is 11.6 Å². The number of halogens is 2. The molecule has 2 rings (SSSR count). The SMILES string of the molecule is Cc1ccc(F)c(N2CCCC2)c1F. The monoisotopic (exact) mass is 197 g/mol. The standard InChI is InChI=1S/C11H13F2N/c1-8-4-5-9(12)11(10(8)13)14-6-2-3-7-14/h4-5H,2-3,6-7H2,1H3. The molecule has 0 radical (unpaired) electrons. The Morgan fingerprint density at radius 1 is 1.14 bits per heavy atom. The van der Waals surface area contributed by atoms with Crippen LogP contribution in [0.15, 0.2) is 12.1 Å². The lowest BCUT2D eigenvalue weighted by Gasteiger charge is -2.19. The normalized spacial score (nSPS) is 16.4. The van der Waals surface area contributed by atoms with Crippen molar-refractivity contribution in [2.24, 2.45) is 0 Å². The lowest BCUT2D eigenvalue weighted by Crippen LogP contribution is -2.20. The number of aryl methyl sites for hydroxylation is 1. The highest BCUT2D eigenvalue weighted by Gasteiger charge is 2.20. The van der Waals surface area contributed by atoms with Crippen molar-refractivity contribution in [3.63, 3.8) is 0 Å². The van der Waals surface area contributed by atoms with Crippen molar-refractivity contribution in [1.29, 1.82) is 0 Å². The first-order chi connectivity index (χ1) is 6.70. The van der Waals surface area contributed by atoms with Crippen LogP contribution in [0.4, 0.5) is 14.5 Å². The minimum Gasteiger partial charge on any atom is -0.367 e. The lowest BCUT2D eigenvalue weighted by atomic mass is 10.2. The summed E-state index contributed by atoms with van der Waals surface area (Å²) in [6.45, 7) is 3.18. The minimum atomic E-state index is -0.449. The summed E-state index contributed by atoms with van der Waals surface area (Å²) in [7, 11) is 0. The second-order valence-corrected chi connectivity index (χ2v) is 3.72. The molecule has 1 nitrogen and oxygen atoms in total. The van der Waals surface area contributed by atoms with Gasteiger partial charge in [0, 0.05) is 13.1 Å². The van der Waals surface area contributed by atoms with E-state index in [-0.39, 0.29) is 5.69 Å². The molecule has 1 saturated heterocycles. The molecule has 0 N–H and O–H groups in total. The van der Waals surface area contributed by atoms with Crippen molar-refractivity contribution in [3.8, 4) is 0 Å². The van der Waals surface area contributed by atoms with Gasteiger partial charge in [0.1, 0.15) is 11.5 Å². The lowest BCUT2D eigenvalue weighted by molar-refractivity contribution is 0.572. The smallest absolute Gasteiger partial charge is 0.152 e. The zero-order valence-electron chi connectivity index (χ0n) is 8.19. The number of hydrogen-bond donors (Lipinski definition) is 0. The summed E-state index contributed by atoms with van der Waals surface area (Å²) in [5, 5.41) is 0. The summed E-state index contributed by atoms with van der Waals surface area (Å²) < 4.78 is 27.0. The molecule has 0 atom stereocenters. The second kappa shape index (κ2) is 3.56. The Morgan fingerprint density at radius 3 is 2.43 bits per heavy atom. The molecule has 1 aromatic rings. The highest BCUT2D eigenvalue weighted by Crippen LogP contribution is 2.28. The highest BCUT2D eigenvalue weighted by atomic mass is 19.1. The molecule has 0 bridgehead atoms. The summed E-state index contributed by atoms with van der Waals surface area (Å²) in [6, 6.07) is 2.82. The van der Waals surface area contributed by atoms with Crippen LogP contribution >= 0.6 is 0 Å². The van der Waals surface area contributed by atoms with E-state index in [1.165, 1.54) is 12.1 Å². The molecule has 0 aliphatic carbocycles. The number of rotatable bonds is 1. The molecule has 14 heavy (non-hydrogen) atoms. The van der Waals surface area contributed by atoms with Gasteiger partial charge in [-0.25, -0.2) is 8.78 Å². The van der Waals surface area contributed by atoms with E-state index in [4.69, 9.17) is 0 Å². The van der Waals surface area contributed by atoms with Crippen LogP contribution in [0.3, 0.4) is 0 Å². The van der Waals surface area contributed by atoms with Gasteiger partial charge >= 0.3 is 0 Å².